The second-order valence-corrected chi connectivity index (χ2v) is 4.90. The number of carbonyl (C=O) groups is 2. The molecule has 2 atom stereocenters. The number of methoxy groups -OCH3 is 1. The molecule has 0 fully saturated rings. The van der Waals surface area contributed by atoms with Crippen molar-refractivity contribution in [2.75, 3.05) is 7.11 Å². The van der Waals surface area contributed by atoms with Crippen molar-refractivity contribution < 1.29 is 19.4 Å². The average molecular weight is 245 g/mol. The summed E-state index contributed by atoms with van der Waals surface area (Å²) in [5.41, 5.74) is 0. The van der Waals surface area contributed by atoms with Crippen LogP contribution in [-0.4, -0.2) is 36.2 Å². The number of hydrogen-bond acceptors (Lipinski definition) is 4. The number of esters is 1. The highest BCUT2D eigenvalue weighted by atomic mass is 16.5. The van der Waals surface area contributed by atoms with Crippen LogP contribution in [0.15, 0.2) is 0 Å². The van der Waals surface area contributed by atoms with Crippen LogP contribution in [0.25, 0.3) is 0 Å². The zero-order valence-corrected chi connectivity index (χ0v) is 11.2. The number of hydrogen-bond donors (Lipinski definition) is 2. The summed E-state index contributed by atoms with van der Waals surface area (Å²) in [7, 11) is 1.27. The molecular weight excluding hydrogens is 222 g/mol. The third kappa shape index (κ3) is 5.68. The molecule has 0 unspecified atom stereocenters. The van der Waals surface area contributed by atoms with Gasteiger partial charge >= 0.3 is 5.97 Å². The molecule has 0 bridgehead atoms. The van der Waals surface area contributed by atoms with Crippen molar-refractivity contribution in [3.63, 3.8) is 0 Å². The fraction of sp³-hybridized carbons (Fsp3) is 0.833. The summed E-state index contributed by atoms with van der Waals surface area (Å²) in [6.45, 7) is 7.43. The van der Waals surface area contributed by atoms with E-state index in [9.17, 15) is 14.7 Å². The molecule has 0 aliphatic carbocycles. The fourth-order valence-corrected chi connectivity index (χ4v) is 1.43. The first-order valence-corrected chi connectivity index (χ1v) is 5.85. The molecule has 0 radical (unpaired) electrons. The van der Waals surface area contributed by atoms with Gasteiger partial charge in [0.1, 0.15) is 12.1 Å². The Morgan fingerprint density at radius 3 is 2.12 bits per heavy atom. The summed E-state index contributed by atoms with van der Waals surface area (Å²) in [4.78, 5) is 23.1. The average Bonchev–Trinajstić information content (AvgIpc) is 2.22. The van der Waals surface area contributed by atoms with Crippen LogP contribution in [0, 0.1) is 11.8 Å². The van der Waals surface area contributed by atoms with Crippen LogP contribution in [0.3, 0.4) is 0 Å². The highest BCUT2D eigenvalue weighted by Crippen LogP contribution is 2.07. The van der Waals surface area contributed by atoms with Crippen LogP contribution in [0.4, 0.5) is 0 Å². The lowest BCUT2D eigenvalue weighted by Gasteiger charge is -2.22. The number of ether oxygens (including phenoxy) is 1. The Kier molecular flexibility index (Phi) is 6.80. The number of amides is 1. The summed E-state index contributed by atoms with van der Waals surface area (Å²) in [6, 6.07) is -0.714. The van der Waals surface area contributed by atoms with Crippen molar-refractivity contribution >= 4 is 11.9 Å². The summed E-state index contributed by atoms with van der Waals surface area (Å²) in [6.07, 6.45) is -0.710. The van der Waals surface area contributed by atoms with Crippen LogP contribution < -0.4 is 5.32 Å². The molecule has 0 saturated heterocycles. The predicted octanol–water partition coefficient (Wildman–Crippen LogP) is 0.707. The predicted molar refractivity (Wildman–Crippen MR) is 64.2 cm³/mol. The normalized spacial score (nSPS) is 14.6. The molecule has 0 spiro atoms. The number of aliphatic hydroxyl groups excluding tert-OH is 1. The molecule has 2 N–H and O–H groups in total. The number of aliphatic hydroxyl groups is 1. The van der Waals surface area contributed by atoms with E-state index in [0.29, 0.717) is 6.42 Å². The van der Waals surface area contributed by atoms with E-state index in [0.717, 1.165) is 0 Å². The Morgan fingerprint density at radius 2 is 1.76 bits per heavy atom. The van der Waals surface area contributed by atoms with Crippen molar-refractivity contribution in [1.29, 1.82) is 0 Å². The highest BCUT2D eigenvalue weighted by molar-refractivity contribution is 5.86. The van der Waals surface area contributed by atoms with Crippen LogP contribution >= 0.6 is 0 Å². The number of rotatable bonds is 6. The molecule has 0 saturated carbocycles. The molecule has 5 nitrogen and oxygen atoms in total. The summed E-state index contributed by atoms with van der Waals surface area (Å²) in [5.74, 6) is -0.892. The smallest absolute Gasteiger partial charge is 0.328 e. The van der Waals surface area contributed by atoms with Gasteiger partial charge in [-0.25, -0.2) is 4.79 Å². The van der Waals surface area contributed by atoms with Gasteiger partial charge in [-0.2, -0.15) is 0 Å². The second kappa shape index (κ2) is 7.27. The van der Waals surface area contributed by atoms with Crippen LogP contribution in [0.5, 0.6) is 0 Å². The van der Waals surface area contributed by atoms with Crippen LogP contribution in [0.1, 0.15) is 34.1 Å². The maximum atomic E-state index is 11.6. The lowest BCUT2D eigenvalue weighted by Crippen LogP contribution is -2.48. The molecule has 0 aromatic heterocycles. The van der Waals surface area contributed by atoms with Gasteiger partial charge in [0.05, 0.1) is 7.11 Å². The molecule has 5 heteroatoms. The highest BCUT2D eigenvalue weighted by Gasteiger charge is 2.27. The first-order chi connectivity index (χ1) is 7.79. The van der Waals surface area contributed by atoms with Gasteiger partial charge in [0.15, 0.2) is 0 Å². The molecule has 0 aromatic carbocycles. The maximum Gasteiger partial charge on any atom is 0.328 e. The maximum absolute atomic E-state index is 11.6. The zero-order valence-electron chi connectivity index (χ0n) is 11.2. The van der Waals surface area contributed by atoms with Crippen molar-refractivity contribution in [3.8, 4) is 0 Å². The van der Waals surface area contributed by atoms with Crippen molar-refractivity contribution in [2.45, 2.75) is 46.3 Å². The minimum absolute atomic E-state index is 0.0855. The SMILES string of the molecule is COC(=O)[C@H](NC(=O)[C@H](O)CC(C)C)C(C)C. The van der Waals surface area contributed by atoms with E-state index >= 15 is 0 Å². The van der Waals surface area contributed by atoms with E-state index in [1.165, 1.54) is 7.11 Å². The molecule has 0 heterocycles. The Balaban J connectivity index is 4.45. The van der Waals surface area contributed by atoms with E-state index in [1.807, 2.05) is 13.8 Å². The molecule has 100 valence electrons. The third-order valence-electron chi connectivity index (χ3n) is 2.42. The van der Waals surface area contributed by atoms with Crippen LogP contribution in [0.2, 0.25) is 0 Å². The first kappa shape index (κ1) is 15.9. The van der Waals surface area contributed by atoms with Crippen molar-refractivity contribution in [1.82, 2.24) is 5.32 Å². The first-order valence-electron chi connectivity index (χ1n) is 5.85. The zero-order chi connectivity index (χ0) is 13.6. The van der Waals surface area contributed by atoms with Gasteiger partial charge < -0.3 is 15.2 Å². The monoisotopic (exact) mass is 245 g/mol. The topological polar surface area (TPSA) is 75.6 Å². The molecule has 0 aliphatic heterocycles. The number of nitrogens with one attached hydrogen (secondary N) is 1. The van der Waals surface area contributed by atoms with Gasteiger partial charge in [-0.05, 0) is 18.3 Å². The van der Waals surface area contributed by atoms with Gasteiger partial charge in [-0.3, -0.25) is 4.79 Å². The summed E-state index contributed by atoms with van der Waals surface area (Å²) < 4.78 is 4.60. The van der Waals surface area contributed by atoms with Crippen molar-refractivity contribution in [3.05, 3.63) is 0 Å². The van der Waals surface area contributed by atoms with E-state index in [1.54, 1.807) is 13.8 Å². The number of carbonyl (C=O) groups excluding carboxylic acids is 2. The molecule has 0 rings (SSSR count). The van der Waals surface area contributed by atoms with Crippen LogP contribution in [-0.2, 0) is 14.3 Å². The lowest BCUT2D eigenvalue weighted by molar-refractivity contribution is -0.147. The van der Waals surface area contributed by atoms with Gasteiger partial charge in [0.25, 0.3) is 0 Å². The van der Waals surface area contributed by atoms with Gasteiger partial charge in [-0.1, -0.05) is 27.7 Å². The minimum atomic E-state index is -1.08. The summed E-state index contributed by atoms with van der Waals surface area (Å²) >= 11 is 0. The molecular formula is C12H23NO4. The Hall–Kier alpha value is -1.10. The Bertz CT molecular complexity index is 263. The second-order valence-electron chi connectivity index (χ2n) is 4.90. The Morgan fingerprint density at radius 1 is 1.24 bits per heavy atom. The van der Waals surface area contributed by atoms with Gasteiger partial charge in [-0.15, -0.1) is 0 Å². The van der Waals surface area contributed by atoms with E-state index < -0.39 is 24.0 Å². The largest absolute Gasteiger partial charge is 0.467 e. The standard InChI is InChI=1S/C12H23NO4/c1-7(2)6-9(14)11(15)13-10(8(3)4)12(16)17-5/h7-10,14H,6H2,1-5H3,(H,13,15)/t9-,10-/m1/s1. The molecule has 17 heavy (non-hydrogen) atoms. The lowest BCUT2D eigenvalue weighted by atomic mass is 10.0. The molecule has 0 aliphatic rings. The van der Waals surface area contributed by atoms with Gasteiger partial charge in [0.2, 0.25) is 5.91 Å². The van der Waals surface area contributed by atoms with Gasteiger partial charge in [0, 0.05) is 0 Å². The molecule has 1 amide bonds. The van der Waals surface area contributed by atoms with E-state index in [4.69, 9.17) is 0 Å². The van der Waals surface area contributed by atoms with Crippen molar-refractivity contribution in [2.24, 2.45) is 11.8 Å². The van der Waals surface area contributed by atoms with E-state index in [-0.39, 0.29) is 11.8 Å². The Labute approximate surface area is 103 Å². The minimum Gasteiger partial charge on any atom is -0.467 e. The quantitative estimate of drug-likeness (QED) is 0.676. The molecule has 0 aromatic rings. The summed E-state index contributed by atoms with van der Waals surface area (Å²) in [5, 5.41) is 12.1. The third-order valence-corrected chi connectivity index (χ3v) is 2.42. The van der Waals surface area contributed by atoms with E-state index in [2.05, 4.69) is 10.1 Å². The fourth-order valence-electron chi connectivity index (χ4n) is 1.43.